The van der Waals surface area contributed by atoms with Gasteiger partial charge in [0.2, 0.25) is 0 Å². The minimum absolute atomic E-state index is 0.746. The highest BCUT2D eigenvalue weighted by molar-refractivity contribution is 8.01. The maximum Gasteiger partial charge on any atom is 0.154 e. The van der Waals surface area contributed by atoms with E-state index in [2.05, 4.69) is 11.1 Å². The number of benzene rings is 1. The van der Waals surface area contributed by atoms with Gasteiger partial charge in [-0.1, -0.05) is 17.8 Å². The Hall–Kier alpha value is -0.960. The van der Waals surface area contributed by atoms with Gasteiger partial charge < -0.3 is 0 Å². The lowest BCUT2D eigenvalue weighted by molar-refractivity contribution is 1.22. The van der Waals surface area contributed by atoms with Crippen LogP contribution < -0.4 is 0 Å². The molecule has 2 aromatic rings. The summed E-state index contributed by atoms with van der Waals surface area (Å²) in [5.41, 5.74) is 0.746. The zero-order valence-corrected chi connectivity index (χ0v) is 11.0. The summed E-state index contributed by atoms with van der Waals surface area (Å²) in [6.07, 6.45) is 3.76. The van der Waals surface area contributed by atoms with Gasteiger partial charge in [0.15, 0.2) is 4.34 Å². The van der Waals surface area contributed by atoms with Crippen LogP contribution in [0.3, 0.4) is 0 Å². The third kappa shape index (κ3) is 2.40. The Morgan fingerprint density at radius 3 is 2.81 bits per heavy atom. The first kappa shape index (κ1) is 11.5. The molecule has 0 amide bonds. The van der Waals surface area contributed by atoms with Crippen molar-refractivity contribution in [3.63, 3.8) is 0 Å². The van der Waals surface area contributed by atoms with Crippen LogP contribution in [0.4, 0.5) is 0 Å². The highest BCUT2D eigenvalue weighted by Crippen LogP contribution is 2.35. The lowest BCUT2D eigenvalue weighted by Crippen LogP contribution is -1.84. The summed E-state index contributed by atoms with van der Waals surface area (Å²) in [6.45, 7) is 0. The molecule has 0 aliphatic heterocycles. The molecular formula is C11H8N2S3. The molecule has 80 valence electrons. The van der Waals surface area contributed by atoms with Gasteiger partial charge in [0.25, 0.3) is 0 Å². The molecule has 5 heteroatoms. The summed E-state index contributed by atoms with van der Waals surface area (Å²) in [6, 6.07) is 8.17. The van der Waals surface area contributed by atoms with Gasteiger partial charge in [0.1, 0.15) is 6.07 Å². The monoisotopic (exact) mass is 264 g/mol. The second kappa shape index (κ2) is 5.39. The molecule has 1 heterocycles. The molecule has 0 N–H and O–H groups in total. The van der Waals surface area contributed by atoms with E-state index in [0.29, 0.717) is 0 Å². The highest BCUT2D eigenvalue weighted by atomic mass is 32.2. The highest BCUT2D eigenvalue weighted by Gasteiger charge is 2.09. The maximum atomic E-state index is 9.17. The molecule has 0 fully saturated rings. The van der Waals surface area contributed by atoms with Crippen LogP contribution in [0.5, 0.6) is 0 Å². The van der Waals surface area contributed by atoms with Gasteiger partial charge in [-0.15, -0.1) is 23.1 Å². The van der Waals surface area contributed by atoms with Crippen molar-refractivity contribution in [2.24, 2.45) is 0 Å². The molecule has 1 aromatic carbocycles. The quantitative estimate of drug-likeness (QED) is 0.788. The SMILES string of the molecule is CSc1cccc(Sc2nccs2)c1C#N. The van der Waals surface area contributed by atoms with Crippen molar-refractivity contribution in [1.29, 1.82) is 5.26 Å². The van der Waals surface area contributed by atoms with Crippen LogP contribution in [0.1, 0.15) is 5.56 Å². The predicted octanol–water partition coefficient (Wildman–Crippen LogP) is 3.89. The average Bonchev–Trinajstić information content (AvgIpc) is 2.81. The summed E-state index contributed by atoms with van der Waals surface area (Å²) in [4.78, 5) is 6.20. The number of rotatable bonds is 3. The molecule has 0 aliphatic carbocycles. The summed E-state index contributed by atoms with van der Waals surface area (Å²) in [5, 5.41) is 11.1. The zero-order valence-electron chi connectivity index (χ0n) is 8.51. The van der Waals surface area contributed by atoms with E-state index in [4.69, 9.17) is 5.26 Å². The largest absolute Gasteiger partial charge is 0.238 e. The number of nitrogens with zero attached hydrogens (tertiary/aromatic N) is 2. The minimum atomic E-state index is 0.746. The Balaban J connectivity index is 2.38. The van der Waals surface area contributed by atoms with Crippen molar-refractivity contribution in [2.75, 3.05) is 6.26 Å². The number of thioether (sulfide) groups is 1. The Morgan fingerprint density at radius 2 is 2.19 bits per heavy atom. The Bertz CT molecular complexity index is 515. The number of nitriles is 1. The smallest absolute Gasteiger partial charge is 0.154 e. The number of aromatic nitrogens is 1. The molecule has 2 nitrogen and oxygen atoms in total. The molecule has 0 atom stereocenters. The van der Waals surface area contributed by atoms with E-state index in [1.807, 2.05) is 29.8 Å². The van der Waals surface area contributed by atoms with E-state index in [9.17, 15) is 0 Å². The van der Waals surface area contributed by atoms with Gasteiger partial charge in [-0.05, 0) is 18.4 Å². The fourth-order valence-electron chi connectivity index (χ4n) is 1.23. The molecule has 0 saturated heterocycles. The lowest BCUT2D eigenvalue weighted by Gasteiger charge is -2.04. The van der Waals surface area contributed by atoms with Crippen molar-refractivity contribution in [3.05, 3.63) is 35.3 Å². The van der Waals surface area contributed by atoms with E-state index in [-0.39, 0.29) is 0 Å². The summed E-state index contributed by atoms with van der Waals surface area (Å²) < 4.78 is 0.967. The molecule has 0 spiro atoms. The first-order valence-corrected chi connectivity index (χ1v) is 7.41. The van der Waals surface area contributed by atoms with Crippen LogP contribution in [0.25, 0.3) is 0 Å². The van der Waals surface area contributed by atoms with Crippen LogP contribution in [-0.4, -0.2) is 11.2 Å². The fraction of sp³-hybridized carbons (Fsp3) is 0.0909. The average molecular weight is 264 g/mol. The summed E-state index contributed by atoms with van der Waals surface area (Å²) in [7, 11) is 0. The molecular weight excluding hydrogens is 256 g/mol. The van der Waals surface area contributed by atoms with Gasteiger partial charge in [0, 0.05) is 21.4 Å². The van der Waals surface area contributed by atoms with Crippen LogP contribution in [0.15, 0.2) is 43.9 Å². The molecule has 16 heavy (non-hydrogen) atoms. The molecule has 0 bridgehead atoms. The van der Waals surface area contributed by atoms with Gasteiger partial charge in [-0.3, -0.25) is 0 Å². The van der Waals surface area contributed by atoms with E-state index >= 15 is 0 Å². The van der Waals surface area contributed by atoms with Crippen molar-refractivity contribution >= 4 is 34.9 Å². The third-order valence-electron chi connectivity index (χ3n) is 1.93. The van der Waals surface area contributed by atoms with Crippen LogP contribution in [0.2, 0.25) is 0 Å². The third-order valence-corrected chi connectivity index (χ3v) is 4.65. The van der Waals surface area contributed by atoms with E-state index in [1.165, 1.54) is 0 Å². The number of hydrogen-bond acceptors (Lipinski definition) is 5. The van der Waals surface area contributed by atoms with Crippen LogP contribution >= 0.6 is 34.9 Å². The van der Waals surface area contributed by atoms with Crippen LogP contribution in [0, 0.1) is 11.3 Å². The molecule has 0 unspecified atom stereocenters. The Kier molecular flexibility index (Phi) is 3.88. The van der Waals surface area contributed by atoms with Gasteiger partial charge in [-0.2, -0.15) is 5.26 Å². The van der Waals surface area contributed by atoms with Gasteiger partial charge >= 0.3 is 0 Å². The van der Waals surface area contributed by atoms with E-state index in [0.717, 1.165) is 19.7 Å². The molecule has 0 radical (unpaired) electrons. The predicted molar refractivity (Wildman–Crippen MR) is 69.2 cm³/mol. The van der Waals surface area contributed by atoms with Crippen molar-refractivity contribution in [3.8, 4) is 6.07 Å². The standard InChI is InChI=1S/C11H8N2S3/c1-14-9-3-2-4-10(8(9)7-12)16-11-13-5-6-15-11/h2-6H,1H3. The van der Waals surface area contributed by atoms with Gasteiger partial charge in [0.05, 0.1) is 5.56 Å². The Morgan fingerprint density at radius 1 is 1.38 bits per heavy atom. The second-order valence-electron chi connectivity index (χ2n) is 2.85. The number of hydrogen-bond donors (Lipinski definition) is 0. The zero-order chi connectivity index (χ0) is 11.4. The summed E-state index contributed by atoms with van der Waals surface area (Å²) >= 11 is 4.73. The molecule has 0 saturated carbocycles. The Labute approximate surface area is 107 Å². The first-order valence-electron chi connectivity index (χ1n) is 4.49. The molecule has 2 rings (SSSR count). The first-order chi connectivity index (χ1) is 7.85. The lowest BCUT2D eigenvalue weighted by atomic mass is 10.2. The topological polar surface area (TPSA) is 36.7 Å². The normalized spacial score (nSPS) is 10.0. The minimum Gasteiger partial charge on any atom is -0.238 e. The van der Waals surface area contributed by atoms with Crippen molar-refractivity contribution in [1.82, 2.24) is 4.98 Å². The number of thiazole rings is 1. The van der Waals surface area contributed by atoms with Gasteiger partial charge in [-0.25, -0.2) is 4.98 Å². The molecule has 0 aliphatic rings. The van der Waals surface area contributed by atoms with Crippen LogP contribution in [-0.2, 0) is 0 Å². The fourth-order valence-corrected chi connectivity index (χ4v) is 3.56. The van der Waals surface area contributed by atoms with E-state index < -0.39 is 0 Å². The maximum absolute atomic E-state index is 9.17. The molecule has 1 aromatic heterocycles. The van der Waals surface area contributed by atoms with Crippen molar-refractivity contribution in [2.45, 2.75) is 14.1 Å². The van der Waals surface area contributed by atoms with Crippen molar-refractivity contribution < 1.29 is 0 Å². The second-order valence-corrected chi connectivity index (χ2v) is 5.88. The summed E-state index contributed by atoms with van der Waals surface area (Å²) in [5.74, 6) is 0. The van der Waals surface area contributed by atoms with E-state index in [1.54, 1.807) is 41.1 Å².